The van der Waals surface area contributed by atoms with Crippen LogP contribution in [0.3, 0.4) is 0 Å². The van der Waals surface area contributed by atoms with E-state index in [0.717, 1.165) is 11.1 Å². The molecule has 0 aliphatic carbocycles. The summed E-state index contributed by atoms with van der Waals surface area (Å²) in [5, 5.41) is 11.5. The zero-order valence-corrected chi connectivity index (χ0v) is 13.3. The van der Waals surface area contributed by atoms with Crippen molar-refractivity contribution in [3.8, 4) is 17.5 Å². The second kappa shape index (κ2) is 6.71. The standard InChI is InChI=1S/C15H17N3O3S/c1-11-7-3-4-8-13(11)14-17-15(21-18-14)12(2)22(19,20)10-6-5-9-16/h3-4,7-8,12H,5-6,10H2,1-2H3/t12-/m0/s1. The maximum atomic E-state index is 12.2. The third-order valence-electron chi connectivity index (χ3n) is 3.43. The van der Waals surface area contributed by atoms with E-state index in [1.54, 1.807) is 0 Å². The lowest BCUT2D eigenvalue weighted by Crippen LogP contribution is -2.14. The lowest BCUT2D eigenvalue weighted by atomic mass is 10.1. The minimum Gasteiger partial charge on any atom is -0.338 e. The molecule has 22 heavy (non-hydrogen) atoms. The van der Waals surface area contributed by atoms with E-state index in [0.29, 0.717) is 12.2 Å². The van der Waals surface area contributed by atoms with E-state index in [1.165, 1.54) is 6.92 Å². The van der Waals surface area contributed by atoms with Gasteiger partial charge in [-0.05, 0) is 25.8 Å². The maximum absolute atomic E-state index is 12.2. The van der Waals surface area contributed by atoms with Crippen LogP contribution < -0.4 is 0 Å². The van der Waals surface area contributed by atoms with Crippen LogP contribution in [0.5, 0.6) is 0 Å². The minimum atomic E-state index is -3.41. The highest BCUT2D eigenvalue weighted by Crippen LogP contribution is 2.26. The predicted molar refractivity (Wildman–Crippen MR) is 81.5 cm³/mol. The SMILES string of the molecule is Cc1ccccc1-c1noc([C@H](C)S(=O)(=O)CCCC#N)n1. The van der Waals surface area contributed by atoms with Crippen molar-refractivity contribution in [2.75, 3.05) is 5.75 Å². The first-order valence-electron chi connectivity index (χ1n) is 6.94. The summed E-state index contributed by atoms with van der Waals surface area (Å²) in [7, 11) is -3.41. The van der Waals surface area contributed by atoms with Crippen LogP contribution in [0.4, 0.5) is 0 Å². The zero-order chi connectivity index (χ0) is 16.2. The van der Waals surface area contributed by atoms with Gasteiger partial charge < -0.3 is 4.52 Å². The first kappa shape index (κ1) is 16.2. The number of nitrogens with zero attached hydrogens (tertiary/aromatic N) is 3. The first-order chi connectivity index (χ1) is 10.5. The molecule has 7 heteroatoms. The second-order valence-corrected chi connectivity index (χ2v) is 7.48. The van der Waals surface area contributed by atoms with Crippen LogP contribution >= 0.6 is 0 Å². The Labute approximate surface area is 129 Å². The molecule has 116 valence electrons. The highest BCUT2D eigenvalue weighted by molar-refractivity contribution is 7.91. The molecule has 0 amide bonds. The number of hydrogen-bond donors (Lipinski definition) is 0. The summed E-state index contributed by atoms with van der Waals surface area (Å²) >= 11 is 0. The molecule has 0 saturated carbocycles. The Kier molecular flexibility index (Phi) is 4.93. The van der Waals surface area contributed by atoms with Crippen molar-refractivity contribution in [1.82, 2.24) is 10.1 Å². The average Bonchev–Trinajstić information content (AvgIpc) is 2.96. The molecule has 0 aliphatic heterocycles. The number of aromatic nitrogens is 2. The number of hydrogen-bond acceptors (Lipinski definition) is 6. The fraction of sp³-hybridized carbons (Fsp3) is 0.400. The lowest BCUT2D eigenvalue weighted by Gasteiger charge is -2.07. The Balaban J connectivity index is 2.21. The van der Waals surface area contributed by atoms with Gasteiger partial charge in [0.05, 0.1) is 11.8 Å². The lowest BCUT2D eigenvalue weighted by molar-refractivity contribution is 0.377. The van der Waals surface area contributed by atoms with Gasteiger partial charge in [-0.2, -0.15) is 10.2 Å². The zero-order valence-electron chi connectivity index (χ0n) is 12.5. The van der Waals surface area contributed by atoms with Crippen molar-refractivity contribution in [3.05, 3.63) is 35.7 Å². The van der Waals surface area contributed by atoms with E-state index < -0.39 is 15.1 Å². The summed E-state index contributed by atoms with van der Waals surface area (Å²) in [5.41, 5.74) is 1.80. The molecule has 2 aromatic rings. The number of unbranched alkanes of at least 4 members (excludes halogenated alkanes) is 1. The Morgan fingerprint density at radius 2 is 2.09 bits per heavy atom. The van der Waals surface area contributed by atoms with Gasteiger partial charge in [-0.25, -0.2) is 8.42 Å². The Morgan fingerprint density at radius 3 is 2.77 bits per heavy atom. The molecule has 0 unspecified atom stereocenters. The van der Waals surface area contributed by atoms with Gasteiger partial charge in [0.25, 0.3) is 0 Å². The van der Waals surface area contributed by atoms with E-state index in [4.69, 9.17) is 9.78 Å². The van der Waals surface area contributed by atoms with E-state index in [9.17, 15) is 8.42 Å². The monoisotopic (exact) mass is 319 g/mol. The largest absolute Gasteiger partial charge is 0.338 e. The molecule has 0 saturated heterocycles. The molecular weight excluding hydrogens is 302 g/mol. The summed E-state index contributed by atoms with van der Waals surface area (Å²) in [6.07, 6.45) is 0.520. The molecule has 0 fully saturated rings. The summed E-state index contributed by atoms with van der Waals surface area (Å²) in [6, 6.07) is 9.48. The topological polar surface area (TPSA) is 96.9 Å². The molecule has 0 radical (unpaired) electrons. The van der Waals surface area contributed by atoms with E-state index in [-0.39, 0.29) is 18.1 Å². The van der Waals surface area contributed by atoms with Crippen molar-refractivity contribution >= 4 is 9.84 Å². The van der Waals surface area contributed by atoms with Crippen LogP contribution in [0.25, 0.3) is 11.4 Å². The average molecular weight is 319 g/mol. The summed E-state index contributed by atoms with van der Waals surface area (Å²) < 4.78 is 29.5. The van der Waals surface area contributed by atoms with Crippen molar-refractivity contribution in [3.63, 3.8) is 0 Å². The van der Waals surface area contributed by atoms with Gasteiger partial charge in [0.1, 0.15) is 5.25 Å². The third kappa shape index (κ3) is 3.52. The van der Waals surface area contributed by atoms with Gasteiger partial charge in [-0.15, -0.1) is 0 Å². The van der Waals surface area contributed by atoms with Crippen LogP contribution in [0.2, 0.25) is 0 Å². The van der Waals surface area contributed by atoms with Crippen molar-refractivity contribution in [2.45, 2.75) is 31.9 Å². The van der Waals surface area contributed by atoms with Crippen molar-refractivity contribution in [1.29, 1.82) is 5.26 Å². The second-order valence-electron chi connectivity index (χ2n) is 5.04. The summed E-state index contributed by atoms with van der Waals surface area (Å²) in [5.74, 6) is 0.395. The third-order valence-corrected chi connectivity index (χ3v) is 5.57. The molecule has 0 N–H and O–H groups in total. The van der Waals surface area contributed by atoms with Crippen molar-refractivity contribution in [2.24, 2.45) is 0 Å². The Bertz CT molecular complexity index is 790. The Morgan fingerprint density at radius 1 is 1.36 bits per heavy atom. The number of aryl methyl sites for hydroxylation is 1. The van der Waals surface area contributed by atoms with E-state index >= 15 is 0 Å². The maximum Gasteiger partial charge on any atom is 0.245 e. The first-order valence-corrected chi connectivity index (χ1v) is 8.65. The van der Waals surface area contributed by atoms with Crippen LogP contribution in [0.1, 0.15) is 36.5 Å². The molecule has 0 aliphatic rings. The van der Waals surface area contributed by atoms with Gasteiger partial charge in [0, 0.05) is 12.0 Å². The van der Waals surface area contributed by atoms with Gasteiger partial charge in [0.15, 0.2) is 9.84 Å². The molecule has 6 nitrogen and oxygen atoms in total. The number of benzene rings is 1. The number of sulfone groups is 1. The van der Waals surface area contributed by atoms with E-state index in [2.05, 4.69) is 10.1 Å². The van der Waals surface area contributed by atoms with Crippen molar-refractivity contribution < 1.29 is 12.9 Å². The van der Waals surface area contributed by atoms with Crippen LogP contribution in [0.15, 0.2) is 28.8 Å². The molecule has 1 atom stereocenters. The van der Waals surface area contributed by atoms with Gasteiger partial charge in [-0.1, -0.05) is 29.4 Å². The molecular formula is C15H17N3O3S. The predicted octanol–water partition coefficient (Wildman–Crippen LogP) is 2.82. The highest BCUT2D eigenvalue weighted by Gasteiger charge is 2.28. The summed E-state index contributed by atoms with van der Waals surface area (Å²) in [4.78, 5) is 4.21. The Hall–Kier alpha value is -2.20. The minimum absolute atomic E-state index is 0.0657. The van der Waals surface area contributed by atoms with Gasteiger partial charge >= 0.3 is 0 Å². The normalized spacial score (nSPS) is 12.8. The van der Waals surface area contributed by atoms with Crippen LogP contribution in [0, 0.1) is 18.3 Å². The molecule has 2 rings (SSSR count). The fourth-order valence-corrected chi connectivity index (χ4v) is 3.32. The smallest absolute Gasteiger partial charge is 0.245 e. The van der Waals surface area contributed by atoms with Crippen LogP contribution in [-0.2, 0) is 9.84 Å². The number of nitriles is 1. The molecule has 0 spiro atoms. The molecule has 1 aromatic carbocycles. The van der Waals surface area contributed by atoms with Crippen LogP contribution in [-0.4, -0.2) is 24.3 Å². The van der Waals surface area contributed by atoms with Gasteiger partial charge in [-0.3, -0.25) is 0 Å². The van der Waals surface area contributed by atoms with Gasteiger partial charge in [0.2, 0.25) is 11.7 Å². The fourth-order valence-electron chi connectivity index (χ4n) is 2.02. The molecule has 1 aromatic heterocycles. The molecule has 0 bridgehead atoms. The molecule has 1 heterocycles. The van der Waals surface area contributed by atoms with E-state index in [1.807, 2.05) is 37.3 Å². The number of rotatable bonds is 6. The quantitative estimate of drug-likeness (QED) is 0.759. The highest BCUT2D eigenvalue weighted by atomic mass is 32.2. The summed E-state index contributed by atoms with van der Waals surface area (Å²) in [6.45, 7) is 3.45.